The first-order valence-corrected chi connectivity index (χ1v) is 7.45. The molecule has 1 saturated heterocycles. The number of alkyl halides is 3. The lowest BCUT2D eigenvalue weighted by Gasteiger charge is -2.24. The quantitative estimate of drug-likeness (QED) is 0.482. The van der Waals surface area contributed by atoms with E-state index in [9.17, 15) is 0 Å². The number of hydrogen-bond acceptors (Lipinski definition) is 2. The number of aromatic nitrogens is 1. The minimum absolute atomic E-state index is 0.0873. The predicted molar refractivity (Wildman–Crippen MR) is 80.0 cm³/mol. The lowest BCUT2D eigenvalue weighted by molar-refractivity contribution is 0.949. The van der Waals surface area contributed by atoms with Crippen LogP contribution in [0.25, 0.3) is 0 Å². The summed E-state index contributed by atoms with van der Waals surface area (Å²) < 4.78 is -1.74. The molecule has 0 amide bonds. The van der Waals surface area contributed by atoms with Crippen molar-refractivity contribution in [3.63, 3.8) is 0 Å². The third-order valence-corrected chi connectivity index (χ3v) is 4.33. The van der Waals surface area contributed by atoms with Gasteiger partial charge in [0.2, 0.25) is 3.79 Å². The maximum absolute atomic E-state index is 6.25. The Morgan fingerprint density at radius 1 is 0.944 bits per heavy atom. The highest BCUT2D eigenvalue weighted by Crippen LogP contribution is 2.48. The molecule has 1 aromatic heterocycles. The monoisotopic (exact) mass is 366 g/mol. The Balaban J connectivity index is 2.60. The van der Waals surface area contributed by atoms with E-state index in [2.05, 4.69) is 4.98 Å². The minimum atomic E-state index is -1.74. The largest absolute Gasteiger partial charge is 0.369 e. The SMILES string of the molecule is Clc1nc(C(Cl)(Cl)Cl)c(Cl)c(N2CCCC2)c1Cl. The Morgan fingerprint density at radius 3 is 2.00 bits per heavy atom. The van der Waals surface area contributed by atoms with E-state index >= 15 is 0 Å². The van der Waals surface area contributed by atoms with Crippen molar-refractivity contribution < 1.29 is 0 Å². The van der Waals surface area contributed by atoms with Gasteiger partial charge in [-0.25, -0.2) is 4.98 Å². The second kappa shape index (κ2) is 5.59. The number of rotatable bonds is 1. The summed E-state index contributed by atoms with van der Waals surface area (Å²) in [6.45, 7) is 1.69. The summed E-state index contributed by atoms with van der Waals surface area (Å²) in [4.78, 5) is 5.98. The van der Waals surface area contributed by atoms with E-state index in [1.54, 1.807) is 0 Å². The molecule has 0 unspecified atom stereocenters. The predicted octanol–water partition coefficient (Wildman–Crippen LogP) is 5.47. The van der Waals surface area contributed by atoms with Gasteiger partial charge in [-0.15, -0.1) is 0 Å². The number of halogens is 6. The fraction of sp³-hybridized carbons (Fsp3) is 0.500. The number of anilines is 1. The van der Waals surface area contributed by atoms with Crippen LogP contribution in [-0.2, 0) is 3.79 Å². The number of hydrogen-bond donors (Lipinski definition) is 0. The van der Waals surface area contributed by atoms with Crippen molar-refractivity contribution in [3.8, 4) is 0 Å². The van der Waals surface area contributed by atoms with Crippen LogP contribution in [0.1, 0.15) is 18.5 Å². The summed E-state index contributed by atoms with van der Waals surface area (Å²) in [5.74, 6) is 0. The summed E-state index contributed by atoms with van der Waals surface area (Å²) in [6, 6.07) is 0. The zero-order chi connectivity index (χ0) is 13.5. The van der Waals surface area contributed by atoms with E-state index in [0.29, 0.717) is 10.7 Å². The third-order valence-electron chi connectivity index (χ3n) is 2.71. The maximum Gasteiger partial charge on any atom is 0.234 e. The molecule has 2 rings (SSSR count). The highest BCUT2D eigenvalue weighted by Gasteiger charge is 2.33. The Kier molecular flexibility index (Phi) is 4.69. The lowest BCUT2D eigenvalue weighted by Crippen LogP contribution is -2.20. The molecule has 0 saturated carbocycles. The molecule has 0 bridgehead atoms. The van der Waals surface area contributed by atoms with Crippen LogP contribution in [0.4, 0.5) is 5.69 Å². The Morgan fingerprint density at radius 2 is 1.50 bits per heavy atom. The normalized spacial score (nSPS) is 16.4. The molecule has 8 heteroatoms. The molecule has 1 aliphatic heterocycles. The summed E-state index contributed by atoms with van der Waals surface area (Å²) in [7, 11) is 0. The molecule has 0 N–H and O–H groups in total. The van der Waals surface area contributed by atoms with Crippen LogP contribution in [0.2, 0.25) is 15.2 Å². The van der Waals surface area contributed by atoms with Gasteiger partial charge in [0.15, 0.2) is 0 Å². The summed E-state index contributed by atoms with van der Waals surface area (Å²) in [5.41, 5.74) is 0.697. The summed E-state index contributed by atoms with van der Waals surface area (Å²) >= 11 is 35.9. The molecule has 0 aromatic carbocycles. The van der Waals surface area contributed by atoms with Crippen molar-refractivity contribution in [2.45, 2.75) is 16.6 Å². The Labute approximate surface area is 135 Å². The lowest BCUT2D eigenvalue weighted by atomic mass is 10.3. The second-order valence-corrected chi connectivity index (χ2v) is 7.31. The van der Waals surface area contributed by atoms with E-state index in [4.69, 9.17) is 69.6 Å². The number of nitrogens with zero attached hydrogens (tertiary/aromatic N) is 2. The molecule has 18 heavy (non-hydrogen) atoms. The Hall–Kier alpha value is 0.690. The van der Waals surface area contributed by atoms with E-state index in [1.807, 2.05) is 4.90 Å². The molecular formula is C10H8Cl6N2. The minimum Gasteiger partial charge on any atom is -0.369 e. The van der Waals surface area contributed by atoms with Gasteiger partial charge in [-0.05, 0) is 12.8 Å². The van der Waals surface area contributed by atoms with E-state index in [1.165, 1.54) is 0 Å². The van der Waals surface area contributed by atoms with Crippen molar-refractivity contribution in [2.75, 3.05) is 18.0 Å². The fourth-order valence-corrected chi connectivity index (χ4v) is 3.34. The van der Waals surface area contributed by atoms with Gasteiger partial charge in [-0.2, -0.15) is 0 Å². The van der Waals surface area contributed by atoms with E-state index in [0.717, 1.165) is 25.9 Å². The van der Waals surface area contributed by atoms with Crippen LogP contribution in [-0.4, -0.2) is 18.1 Å². The fourth-order valence-electron chi connectivity index (χ4n) is 1.91. The summed E-state index contributed by atoms with van der Waals surface area (Å²) in [6.07, 6.45) is 2.13. The molecule has 2 heterocycles. The van der Waals surface area contributed by atoms with Crippen molar-refractivity contribution in [3.05, 3.63) is 20.9 Å². The highest BCUT2D eigenvalue weighted by molar-refractivity contribution is 6.67. The van der Waals surface area contributed by atoms with E-state index in [-0.39, 0.29) is 15.9 Å². The third kappa shape index (κ3) is 2.89. The zero-order valence-corrected chi connectivity index (χ0v) is 13.5. The van der Waals surface area contributed by atoms with Crippen LogP contribution in [0.15, 0.2) is 0 Å². The first-order chi connectivity index (χ1) is 8.32. The zero-order valence-electron chi connectivity index (χ0n) is 8.99. The van der Waals surface area contributed by atoms with Crippen LogP contribution < -0.4 is 4.90 Å². The molecule has 1 fully saturated rings. The van der Waals surface area contributed by atoms with Crippen LogP contribution >= 0.6 is 69.6 Å². The standard InChI is InChI=1S/C10H8Cl6N2/c11-5-7(18-3-1-2-4-18)6(12)9(13)17-8(5)10(14,15)16/h1-4H2. The molecule has 0 spiro atoms. The second-order valence-electron chi connectivity index (χ2n) is 3.92. The molecule has 0 aliphatic carbocycles. The Bertz CT molecular complexity index is 464. The molecule has 1 aromatic rings. The van der Waals surface area contributed by atoms with Crippen molar-refractivity contribution >= 4 is 75.3 Å². The molecule has 0 atom stereocenters. The maximum atomic E-state index is 6.25. The first kappa shape index (κ1) is 15.1. The molecule has 100 valence electrons. The molecule has 0 radical (unpaired) electrons. The topological polar surface area (TPSA) is 16.1 Å². The van der Waals surface area contributed by atoms with Gasteiger partial charge >= 0.3 is 0 Å². The van der Waals surface area contributed by atoms with Gasteiger partial charge < -0.3 is 4.90 Å². The summed E-state index contributed by atoms with van der Waals surface area (Å²) in [5, 5.41) is 0.622. The van der Waals surface area contributed by atoms with Crippen LogP contribution in [0, 0.1) is 0 Å². The van der Waals surface area contributed by atoms with Gasteiger partial charge in [0, 0.05) is 13.1 Å². The first-order valence-electron chi connectivity index (χ1n) is 5.19. The van der Waals surface area contributed by atoms with Gasteiger partial charge in [0.25, 0.3) is 0 Å². The molecule has 2 nitrogen and oxygen atoms in total. The van der Waals surface area contributed by atoms with Gasteiger partial charge in [-0.3, -0.25) is 0 Å². The van der Waals surface area contributed by atoms with E-state index < -0.39 is 3.79 Å². The van der Waals surface area contributed by atoms with Gasteiger partial charge in [0.1, 0.15) is 15.9 Å². The van der Waals surface area contributed by atoms with Gasteiger partial charge in [-0.1, -0.05) is 69.6 Å². The van der Waals surface area contributed by atoms with Gasteiger partial charge in [0.05, 0.1) is 10.7 Å². The number of pyridine rings is 1. The van der Waals surface area contributed by atoms with Crippen molar-refractivity contribution in [2.24, 2.45) is 0 Å². The van der Waals surface area contributed by atoms with Crippen LogP contribution in [0.3, 0.4) is 0 Å². The highest BCUT2D eigenvalue weighted by atomic mass is 35.6. The van der Waals surface area contributed by atoms with Crippen molar-refractivity contribution in [1.29, 1.82) is 0 Å². The molecular weight excluding hydrogens is 361 g/mol. The van der Waals surface area contributed by atoms with Crippen LogP contribution in [0.5, 0.6) is 0 Å². The molecule has 1 aliphatic rings. The average Bonchev–Trinajstić information content (AvgIpc) is 2.75. The van der Waals surface area contributed by atoms with Crippen molar-refractivity contribution in [1.82, 2.24) is 4.98 Å². The smallest absolute Gasteiger partial charge is 0.234 e. The average molecular weight is 369 g/mol.